The number of anilines is 1. The van der Waals surface area contributed by atoms with Crippen molar-refractivity contribution in [2.45, 2.75) is 13.3 Å². The topological polar surface area (TPSA) is 70.7 Å². The van der Waals surface area contributed by atoms with Gasteiger partial charge in [0.2, 0.25) is 0 Å². The van der Waals surface area contributed by atoms with Gasteiger partial charge in [-0.1, -0.05) is 25.1 Å². The molecule has 0 bridgehead atoms. The zero-order chi connectivity index (χ0) is 15.4. The molecule has 0 fully saturated rings. The van der Waals surface area contributed by atoms with Crippen molar-refractivity contribution in [1.82, 2.24) is 15.2 Å². The molecule has 1 aromatic carbocycles. The van der Waals surface area contributed by atoms with Crippen LogP contribution in [0.4, 0.5) is 5.82 Å². The van der Waals surface area contributed by atoms with Gasteiger partial charge in [-0.15, -0.1) is 0 Å². The Morgan fingerprint density at radius 3 is 2.55 bits per heavy atom. The largest absolute Gasteiger partial charge is 0.305 e. The highest BCUT2D eigenvalue weighted by Gasteiger charge is 2.15. The second kappa shape index (κ2) is 6.22. The van der Waals surface area contributed by atoms with Gasteiger partial charge in [-0.2, -0.15) is 5.10 Å². The number of H-pyrrole nitrogens is 1. The molecule has 3 rings (SSSR count). The first-order valence-electron chi connectivity index (χ1n) is 7.13. The molecule has 0 unspecified atom stereocenters. The fourth-order valence-corrected chi connectivity index (χ4v) is 2.34. The molecular formula is C17H16N4O. The van der Waals surface area contributed by atoms with Crippen LogP contribution in [0.2, 0.25) is 0 Å². The van der Waals surface area contributed by atoms with E-state index in [9.17, 15) is 4.79 Å². The van der Waals surface area contributed by atoms with Crippen molar-refractivity contribution in [2.75, 3.05) is 5.32 Å². The molecule has 0 aliphatic heterocycles. The highest BCUT2D eigenvalue weighted by molar-refractivity contribution is 6.04. The highest BCUT2D eigenvalue weighted by Crippen LogP contribution is 2.27. The van der Waals surface area contributed by atoms with Crippen molar-refractivity contribution in [3.8, 4) is 11.3 Å². The Morgan fingerprint density at radius 2 is 1.86 bits per heavy atom. The molecule has 0 atom stereocenters. The summed E-state index contributed by atoms with van der Waals surface area (Å²) in [5, 5.41) is 10.1. The molecule has 110 valence electrons. The average molecular weight is 292 g/mol. The van der Waals surface area contributed by atoms with Gasteiger partial charge in [-0.05, 0) is 30.7 Å². The lowest BCUT2D eigenvalue weighted by atomic mass is 10.1. The van der Waals surface area contributed by atoms with Gasteiger partial charge in [0.15, 0.2) is 5.82 Å². The van der Waals surface area contributed by atoms with E-state index >= 15 is 0 Å². The van der Waals surface area contributed by atoms with Crippen LogP contribution >= 0.6 is 0 Å². The predicted octanol–water partition coefficient (Wildman–Crippen LogP) is 3.29. The van der Waals surface area contributed by atoms with Crippen LogP contribution in [0.3, 0.4) is 0 Å². The van der Waals surface area contributed by atoms with Gasteiger partial charge >= 0.3 is 0 Å². The third-order valence-corrected chi connectivity index (χ3v) is 3.46. The van der Waals surface area contributed by atoms with E-state index < -0.39 is 0 Å². The van der Waals surface area contributed by atoms with Crippen molar-refractivity contribution in [3.05, 3.63) is 66.0 Å². The summed E-state index contributed by atoms with van der Waals surface area (Å²) in [5.41, 5.74) is 3.50. The average Bonchev–Trinajstić information content (AvgIpc) is 2.99. The van der Waals surface area contributed by atoms with Crippen LogP contribution in [0.15, 0.2) is 54.9 Å². The van der Waals surface area contributed by atoms with Crippen LogP contribution in [0, 0.1) is 0 Å². The SMILES string of the molecule is CCc1c(NC(=O)c2ccccc2)n[nH]c1-c1ccncc1. The minimum Gasteiger partial charge on any atom is -0.305 e. The van der Waals surface area contributed by atoms with Crippen molar-refractivity contribution in [3.63, 3.8) is 0 Å². The van der Waals surface area contributed by atoms with E-state index in [2.05, 4.69) is 20.5 Å². The molecule has 0 saturated heterocycles. The standard InChI is InChI=1S/C17H16N4O/c1-2-14-15(12-8-10-18-11-9-12)20-21-16(14)19-17(22)13-6-4-3-5-7-13/h3-11H,2H2,1H3,(H2,19,20,21,22). The molecule has 0 aliphatic carbocycles. The fraction of sp³-hybridized carbons (Fsp3) is 0.118. The minimum atomic E-state index is -0.164. The number of aromatic amines is 1. The van der Waals surface area contributed by atoms with Gasteiger partial charge in [0.1, 0.15) is 0 Å². The number of amides is 1. The van der Waals surface area contributed by atoms with Gasteiger partial charge in [-0.25, -0.2) is 0 Å². The summed E-state index contributed by atoms with van der Waals surface area (Å²) in [6.07, 6.45) is 4.23. The zero-order valence-corrected chi connectivity index (χ0v) is 12.2. The second-order valence-corrected chi connectivity index (χ2v) is 4.84. The quantitative estimate of drug-likeness (QED) is 0.775. The van der Waals surface area contributed by atoms with E-state index in [1.165, 1.54) is 0 Å². The molecule has 5 heteroatoms. The Morgan fingerprint density at radius 1 is 1.14 bits per heavy atom. The summed E-state index contributed by atoms with van der Waals surface area (Å²) in [7, 11) is 0. The smallest absolute Gasteiger partial charge is 0.256 e. The Bertz CT molecular complexity index is 766. The lowest BCUT2D eigenvalue weighted by molar-refractivity contribution is 0.102. The molecular weight excluding hydrogens is 276 g/mol. The number of benzene rings is 1. The first-order valence-corrected chi connectivity index (χ1v) is 7.13. The van der Waals surface area contributed by atoms with Gasteiger partial charge in [-0.3, -0.25) is 14.9 Å². The van der Waals surface area contributed by atoms with Crippen LogP contribution in [0.25, 0.3) is 11.3 Å². The molecule has 3 aromatic rings. The maximum absolute atomic E-state index is 12.3. The van der Waals surface area contributed by atoms with Crippen LogP contribution < -0.4 is 5.32 Å². The van der Waals surface area contributed by atoms with E-state index in [1.54, 1.807) is 24.5 Å². The molecule has 2 heterocycles. The minimum absolute atomic E-state index is 0.164. The summed E-state index contributed by atoms with van der Waals surface area (Å²) in [6, 6.07) is 12.9. The molecule has 5 nitrogen and oxygen atoms in total. The highest BCUT2D eigenvalue weighted by atomic mass is 16.1. The third-order valence-electron chi connectivity index (χ3n) is 3.46. The first kappa shape index (κ1) is 14.0. The summed E-state index contributed by atoms with van der Waals surface area (Å²) < 4.78 is 0. The van der Waals surface area contributed by atoms with E-state index in [0.29, 0.717) is 11.4 Å². The van der Waals surface area contributed by atoms with E-state index in [1.807, 2.05) is 37.3 Å². The molecule has 0 aliphatic rings. The number of aromatic nitrogens is 3. The number of nitrogens with zero attached hydrogens (tertiary/aromatic N) is 2. The Balaban J connectivity index is 1.89. The monoisotopic (exact) mass is 292 g/mol. The maximum Gasteiger partial charge on any atom is 0.256 e. The van der Waals surface area contributed by atoms with E-state index in [4.69, 9.17) is 0 Å². The van der Waals surface area contributed by atoms with E-state index in [0.717, 1.165) is 23.2 Å². The van der Waals surface area contributed by atoms with Crippen LogP contribution in [0.1, 0.15) is 22.8 Å². The molecule has 0 saturated carbocycles. The van der Waals surface area contributed by atoms with Gasteiger partial charge in [0, 0.05) is 29.1 Å². The Hall–Kier alpha value is -2.95. The molecule has 2 aromatic heterocycles. The molecule has 0 radical (unpaired) electrons. The Labute approximate surface area is 128 Å². The van der Waals surface area contributed by atoms with Crippen molar-refractivity contribution in [1.29, 1.82) is 0 Å². The molecule has 2 N–H and O–H groups in total. The van der Waals surface area contributed by atoms with Crippen LogP contribution in [-0.4, -0.2) is 21.1 Å². The van der Waals surface area contributed by atoms with Gasteiger partial charge < -0.3 is 5.32 Å². The van der Waals surface area contributed by atoms with Gasteiger partial charge in [0.05, 0.1) is 5.69 Å². The van der Waals surface area contributed by atoms with Crippen molar-refractivity contribution >= 4 is 11.7 Å². The number of carbonyl (C=O) groups is 1. The molecule has 1 amide bonds. The van der Waals surface area contributed by atoms with E-state index in [-0.39, 0.29) is 5.91 Å². The third kappa shape index (κ3) is 2.74. The fourth-order valence-electron chi connectivity index (χ4n) is 2.34. The number of nitrogens with one attached hydrogen (secondary N) is 2. The van der Waals surface area contributed by atoms with Crippen molar-refractivity contribution in [2.24, 2.45) is 0 Å². The first-order chi connectivity index (χ1) is 10.8. The number of rotatable bonds is 4. The predicted molar refractivity (Wildman–Crippen MR) is 85.6 cm³/mol. The van der Waals surface area contributed by atoms with Crippen LogP contribution in [0.5, 0.6) is 0 Å². The zero-order valence-electron chi connectivity index (χ0n) is 12.2. The lowest BCUT2D eigenvalue weighted by Crippen LogP contribution is -2.13. The van der Waals surface area contributed by atoms with Crippen molar-refractivity contribution < 1.29 is 4.79 Å². The van der Waals surface area contributed by atoms with Gasteiger partial charge in [0.25, 0.3) is 5.91 Å². The van der Waals surface area contributed by atoms with Crippen LogP contribution in [-0.2, 0) is 6.42 Å². The number of pyridine rings is 1. The number of hydrogen-bond donors (Lipinski definition) is 2. The normalized spacial score (nSPS) is 10.4. The number of carbonyl (C=O) groups excluding carboxylic acids is 1. The molecule has 0 spiro atoms. The second-order valence-electron chi connectivity index (χ2n) is 4.84. The summed E-state index contributed by atoms with van der Waals surface area (Å²) >= 11 is 0. The summed E-state index contributed by atoms with van der Waals surface area (Å²) in [4.78, 5) is 16.3. The molecule has 22 heavy (non-hydrogen) atoms. The Kier molecular flexibility index (Phi) is 3.96. The summed E-state index contributed by atoms with van der Waals surface area (Å²) in [5.74, 6) is 0.409. The lowest BCUT2D eigenvalue weighted by Gasteiger charge is -2.05. The number of hydrogen-bond acceptors (Lipinski definition) is 3. The maximum atomic E-state index is 12.3. The summed E-state index contributed by atoms with van der Waals surface area (Å²) in [6.45, 7) is 2.04.